The first-order valence-electron chi connectivity index (χ1n) is 14.8. The van der Waals surface area contributed by atoms with Crippen molar-refractivity contribution < 1.29 is 32.7 Å². The number of rotatable bonds is 9. The standard InChI is InChI=1S/C32H37F3N4O4/c33-32(34,35)26-16-20(19-36)17-27(18-26)38-31(43)39-29(23-8-6-22(7-9-23)21-4-2-1-3-5-21)24-10-12-25(13-11-24)30(42)37-15-14-28(40)41/h10-13,16-18,21-23,29H,1-9,14-15H2,(H,37,42)(H,40,41)(H2,38,39,43). The Kier molecular flexibility index (Phi) is 10.7. The third-order valence-electron chi connectivity index (χ3n) is 8.69. The zero-order chi connectivity index (χ0) is 31.0. The average Bonchev–Trinajstić information content (AvgIpc) is 2.99. The van der Waals surface area contributed by atoms with Crippen LogP contribution in [-0.4, -0.2) is 29.6 Å². The second-order valence-corrected chi connectivity index (χ2v) is 11.6. The van der Waals surface area contributed by atoms with E-state index in [1.54, 1.807) is 30.3 Å². The minimum Gasteiger partial charge on any atom is -0.481 e. The van der Waals surface area contributed by atoms with Gasteiger partial charge in [0, 0.05) is 17.8 Å². The van der Waals surface area contributed by atoms with E-state index in [-0.39, 0.29) is 30.1 Å². The van der Waals surface area contributed by atoms with Gasteiger partial charge in [-0.3, -0.25) is 9.59 Å². The van der Waals surface area contributed by atoms with Crippen LogP contribution in [0.25, 0.3) is 0 Å². The topological polar surface area (TPSA) is 131 Å². The highest BCUT2D eigenvalue weighted by Crippen LogP contribution is 2.43. The van der Waals surface area contributed by atoms with E-state index in [1.165, 1.54) is 38.2 Å². The number of hydrogen-bond donors (Lipinski definition) is 4. The molecule has 4 rings (SSSR count). The number of carboxylic acids is 1. The Bertz CT molecular complexity index is 1330. The van der Waals surface area contributed by atoms with E-state index in [9.17, 15) is 32.8 Å². The van der Waals surface area contributed by atoms with Crippen molar-refractivity contribution in [2.75, 3.05) is 11.9 Å². The van der Waals surface area contributed by atoms with Crippen molar-refractivity contribution in [3.8, 4) is 6.07 Å². The van der Waals surface area contributed by atoms with Crippen molar-refractivity contribution in [2.24, 2.45) is 17.8 Å². The SMILES string of the molecule is N#Cc1cc(NC(=O)NC(c2ccc(C(=O)NCCC(=O)O)cc2)C2CCC(C3CCCCC3)CC2)cc(C(F)(F)F)c1. The maximum Gasteiger partial charge on any atom is 0.416 e. The molecule has 2 saturated carbocycles. The van der Waals surface area contributed by atoms with Crippen LogP contribution in [0.1, 0.15) is 97.3 Å². The minimum absolute atomic E-state index is 0.00639. The molecule has 0 spiro atoms. The van der Waals surface area contributed by atoms with E-state index < -0.39 is 35.7 Å². The molecule has 1 unspecified atom stereocenters. The van der Waals surface area contributed by atoms with E-state index in [0.29, 0.717) is 11.5 Å². The number of anilines is 1. The van der Waals surface area contributed by atoms with Gasteiger partial charge in [0.2, 0.25) is 0 Å². The number of nitrogens with one attached hydrogen (secondary N) is 3. The molecule has 230 valence electrons. The van der Waals surface area contributed by atoms with Crippen LogP contribution in [0, 0.1) is 29.1 Å². The van der Waals surface area contributed by atoms with Crippen molar-refractivity contribution >= 4 is 23.6 Å². The number of benzene rings is 2. The predicted octanol–water partition coefficient (Wildman–Crippen LogP) is 7.03. The summed E-state index contributed by atoms with van der Waals surface area (Å²) < 4.78 is 40.1. The van der Waals surface area contributed by atoms with Gasteiger partial charge < -0.3 is 21.1 Å². The number of carbonyl (C=O) groups excluding carboxylic acids is 2. The van der Waals surface area contributed by atoms with Gasteiger partial charge in [0.1, 0.15) is 0 Å². The Morgan fingerprint density at radius 1 is 0.930 bits per heavy atom. The zero-order valence-electron chi connectivity index (χ0n) is 23.9. The summed E-state index contributed by atoms with van der Waals surface area (Å²) in [5.41, 5.74) is -0.306. The summed E-state index contributed by atoms with van der Waals surface area (Å²) >= 11 is 0. The number of amides is 3. The zero-order valence-corrected chi connectivity index (χ0v) is 23.9. The molecule has 43 heavy (non-hydrogen) atoms. The van der Waals surface area contributed by atoms with Crippen molar-refractivity contribution in [3.63, 3.8) is 0 Å². The number of nitrogens with zero attached hydrogens (tertiary/aromatic N) is 1. The lowest BCUT2D eigenvalue weighted by atomic mass is 9.69. The largest absolute Gasteiger partial charge is 0.481 e. The van der Waals surface area contributed by atoms with Crippen LogP contribution in [0.2, 0.25) is 0 Å². The highest BCUT2D eigenvalue weighted by molar-refractivity contribution is 5.94. The second-order valence-electron chi connectivity index (χ2n) is 11.6. The molecule has 1 atom stereocenters. The molecular formula is C32H37F3N4O4. The molecule has 4 N–H and O–H groups in total. The average molecular weight is 599 g/mol. The van der Waals surface area contributed by atoms with E-state index in [2.05, 4.69) is 16.0 Å². The molecular weight excluding hydrogens is 561 g/mol. The van der Waals surface area contributed by atoms with Crippen LogP contribution in [0.5, 0.6) is 0 Å². The van der Waals surface area contributed by atoms with Gasteiger partial charge in [-0.1, -0.05) is 44.2 Å². The van der Waals surface area contributed by atoms with Crippen molar-refractivity contribution in [1.29, 1.82) is 5.26 Å². The Balaban J connectivity index is 1.50. The molecule has 0 radical (unpaired) electrons. The highest BCUT2D eigenvalue weighted by atomic mass is 19.4. The van der Waals surface area contributed by atoms with Crippen molar-refractivity contribution in [3.05, 3.63) is 64.7 Å². The van der Waals surface area contributed by atoms with E-state index in [0.717, 1.165) is 49.3 Å². The third kappa shape index (κ3) is 8.96. The molecule has 2 fully saturated rings. The number of carbonyl (C=O) groups is 3. The summed E-state index contributed by atoms with van der Waals surface area (Å²) in [6.07, 6.45) is 5.32. The fourth-order valence-corrected chi connectivity index (χ4v) is 6.49. The van der Waals surface area contributed by atoms with Crippen LogP contribution in [-0.2, 0) is 11.0 Å². The number of hydrogen-bond acceptors (Lipinski definition) is 4. The maximum absolute atomic E-state index is 13.4. The molecule has 0 saturated heterocycles. The predicted molar refractivity (Wildman–Crippen MR) is 154 cm³/mol. The van der Waals surface area contributed by atoms with Gasteiger partial charge in [-0.25, -0.2) is 4.79 Å². The maximum atomic E-state index is 13.4. The third-order valence-corrected chi connectivity index (χ3v) is 8.69. The number of halogens is 3. The molecule has 2 aliphatic carbocycles. The molecule has 8 nitrogen and oxygen atoms in total. The summed E-state index contributed by atoms with van der Waals surface area (Å²) in [7, 11) is 0. The van der Waals surface area contributed by atoms with E-state index in [4.69, 9.17) is 5.11 Å². The number of alkyl halides is 3. The Morgan fingerprint density at radius 2 is 1.58 bits per heavy atom. The van der Waals surface area contributed by atoms with Crippen molar-refractivity contribution in [1.82, 2.24) is 10.6 Å². The molecule has 3 amide bonds. The summed E-state index contributed by atoms with van der Waals surface area (Å²) in [6, 6.07) is 9.96. The number of nitriles is 1. The molecule has 0 aromatic heterocycles. The van der Waals surface area contributed by atoms with Gasteiger partial charge in [0.25, 0.3) is 5.91 Å². The van der Waals surface area contributed by atoms with Crippen LogP contribution in [0.4, 0.5) is 23.7 Å². The number of urea groups is 1. The van der Waals surface area contributed by atoms with Crippen molar-refractivity contribution in [2.45, 2.75) is 76.4 Å². The summed E-state index contributed by atoms with van der Waals surface area (Å²) in [5.74, 6) is 0.0314. The van der Waals surface area contributed by atoms with Gasteiger partial charge in [0.05, 0.1) is 29.7 Å². The summed E-state index contributed by atoms with van der Waals surface area (Å²) in [5, 5.41) is 26.0. The van der Waals surface area contributed by atoms with Gasteiger partial charge in [-0.15, -0.1) is 0 Å². The Hall–Kier alpha value is -4.07. The van der Waals surface area contributed by atoms with E-state index >= 15 is 0 Å². The Labute approximate surface area is 249 Å². The monoisotopic (exact) mass is 598 g/mol. The fourth-order valence-electron chi connectivity index (χ4n) is 6.49. The molecule has 0 bridgehead atoms. The van der Waals surface area contributed by atoms with Gasteiger partial charge in [-0.2, -0.15) is 18.4 Å². The van der Waals surface area contributed by atoms with E-state index in [1.807, 2.05) is 0 Å². The van der Waals surface area contributed by atoms with Gasteiger partial charge in [0.15, 0.2) is 0 Å². The lowest BCUT2D eigenvalue weighted by Gasteiger charge is -2.38. The quantitative estimate of drug-likeness (QED) is 0.246. The first-order chi connectivity index (χ1) is 20.5. The molecule has 0 heterocycles. The molecule has 2 aromatic carbocycles. The normalized spacial score (nSPS) is 20.0. The van der Waals surface area contributed by atoms with Crippen LogP contribution in [0.15, 0.2) is 42.5 Å². The van der Waals surface area contributed by atoms with Crippen LogP contribution >= 0.6 is 0 Å². The fraction of sp³-hybridized carbons (Fsp3) is 0.500. The minimum atomic E-state index is -4.68. The second kappa shape index (κ2) is 14.4. The summed E-state index contributed by atoms with van der Waals surface area (Å²) in [4.78, 5) is 36.3. The first kappa shape index (κ1) is 31.9. The highest BCUT2D eigenvalue weighted by Gasteiger charge is 2.34. The lowest BCUT2D eigenvalue weighted by Crippen LogP contribution is -2.38. The molecule has 11 heteroatoms. The summed E-state index contributed by atoms with van der Waals surface area (Å²) in [6.45, 7) is -0.00639. The number of carboxylic acid groups (broad SMARTS) is 1. The van der Waals surface area contributed by atoms with Gasteiger partial charge >= 0.3 is 18.2 Å². The van der Waals surface area contributed by atoms with Crippen LogP contribution < -0.4 is 16.0 Å². The first-order valence-corrected chi connectivity index (χ1v) is 14.8. The molecule has 2 aliphatic rings. The molecule has 2 aromatic rings. The number of aliphatic carboxylic acids is 1. The van der Waals surface area contributed by atoms with Gasteiger partial charge in [-0.05, 0) is 79.3 Å². The lowest BCUT2D eigenvalue weighted by molar-refractivity contribution is -0.138. The smallest absolute Gasteiger partial charge is 0.416 e. The Morgan fingerprint density at radius 3 is 2.19 bits per heavy atom. The van der Waals surface area contributed by atoms with Crippen LogP contribution in [0.3, 0.4) is 0 Å². The molecule has 0 aliphatic heterocycles.